The fourth-order valence-electron chi connectivity index (χ4n) is 4.47. The van der Waals surface area contributed by atoms with Crippen LogP contribution in [0.25, 0.3) is 11.4 Å². The molecular weight excluding hydrogens is 478 g/mol. The van der Waals surface area contributed by atoms with Gasteiger partial charge in [0.2, 0.25) is 0 Å². The van der Waals surface area contributed by atoms with Gasteiger partial charge >= 0.3 is 6.03 Å². The van der Waals surface area contributed by atoms with Crippen LogP contribution in [0.15, 0.2) is 30.6 Å². The molecule has 2 aromatic heterocycles. The van der Waals surface area contributed by atoms with Crippen LogP contribution in [-0.4, -0.2) is 88.2 Å². The van der Waals surface area contributed by atoms with Crippen LogP contribution < -0.4 is 20.3 Å². The van der Waals surface area contributed by atoms with E-state index in [0.29, 0.717) is 49.1 Å². The number of urea groups is 1. The molecule has 1 atom stereocenters. The minimum Gasteiger partial charge on any atom is -0.494 e. The van der Waals surface area contributed by atoms with Gasteiger partial charge in [-0.15, -0.1) is 10.2 Å². The molecule has 0 radical (unpaired) electrons. The highest BCUT2D eigenvalue weighted by molar-refractivity contribution is 6.00. The van der Waals surface area contributed by atoms with Gasteiger partial charge in [-0.05, 0) is 25.0 Å². The minimum atomic E-state index is -2.75. The first kappa shape index (κ1) is 20.9. The Morgan fingerprint density at radius 1 is 1.30 bits per heavy atom. The van der Waals surface area contributed by atoms with Crippen molar-refractivity contribution in [2.75, 3.05) is 50.5 Å². The summed E-state index contributed by atoms with van der Waals surface area (Å²) in [6.45, 7) is -0.719. The first-order chi connectivity index (χ1) is 19.1. The lowest BCUT2D eigenvalue weighted by molar-refractivity contribution is 0.0873. The number of benzene rings is 1. The summed E-state index contributed by atoms with van der Waals surface area (Å²) < 4.78 is 35.2. The first-order valence-corrected chi connectivity index (χ1v) is 11.8. The predicted molar refractivity (Wildman–Crippen MR) is 135 cm³/mol. The molecule has 4 heterocycles. The van der Waals surface area contributed by atoms with Crippen LogP contribution in [0.3, 0.4) is 0 Å². The quantitative estimate of drug-likeness (QED) is 0.464. The van der Waals surface area contributed by atoms with Crippen LogP contribution in [0, 0.1) is 0 Å². The molecule has 0 saturated carbocycles. The molecule has 194 valence electrons. The van der Waals surface area contributed by atoms with Crippen LogP contribution in [0.2, 0.25) is 0 Å². The number of amides is 3. The molecule has 13 nitrogen and oxygen atoms in total. The van der Waals surface area contributed by atoms with Gasteiger partial charge in [-0.3, -0.25) is 14.4 Å². The van der Waals surface area contributed by atoms with Crippen molar-refractivity contribution in [1.82, 2.24) is 35.2 Å². The lowest BCUT2D eigenvalue weighted by Crippen LogP contribution is -2.37. The van der Waals surface area contributed by atoms with E-state index in [-0.39, 0.29) is 29.3 Å². The van der Waals surface area contributed by atoms with Gasteiger partial charge in [0.1, 0.15) is 6.33 Å². The van der Waals surface area contributed by atoms with E-state index in [2.05, 4.69) is 25.6 Å². The zero-order chi connectivity index (χ0) is 28.4. The molecule has 0 bridgehead atoms. The molecule has 0 spiro atoms. The number of carbonyl (C=O) groups excluding carboxylic acids is 2. The van der Waals surface area contributed by atoms with E-state index >= 15 is 0 Å². The molecule has 2 aliphatic heterocycles. The number of nitrogens with one attached hydrogen (secondary N) is 2. The minimum absolute atomic E-state index is 0.00602. The third-order valence-electron chi connectivity index (χ3n) is 6.26. The number of methoxy groups -OCH3 is 1. The zero-order valence-corrected chi connectivity index (χ0v) is 20.5. The van der Waals surface area contributed by atoms with Gasteiger partial charge < -0.3 is 25.0 Å². The summed E-state index contributed by atoms with van der Waals surface area (Å²) in [4.78, 5) is 33.5. The van der Waals surface area contributed by atoms with Crippen LogP contribution in [0.4, 0.5) is 22.0 Å². The van der Waals surface area contributed by atoms with Gasteiger partial charge in [0.25, 0.3) is 5.91 Å². The van der Waals surface area contributed by atoms with Crippen LogP contribution in [-0.2, 0) is 11.8 Å². The Labute approximate surface area is 218 Å². The van der Waals surface area contributed by atoms with Gasteiger partial charge in [-0.1, -0.05) is 6.07 Å². The summed E-state index contributed by atoms with van der Waals surface area (Å²) in [6.07, 6.45) is 3.43. The maximum absolute atomic E-state index is 13.2. The Balaban J connectivity index is 1.48. The van der Waals surface area contributed by atoms with Crippen LogP contribution >= 0.6 is 0 Å². The maximum Gasteiger partial charge on any atom is 0.325 e. The Morgan fingerprint density at radius 3 is 2.92 bits per heavy atom. The largest absolute Gasteiger partial charge is 0.494 e. The van der Waals surface area contributed by atoms with E-state index in [1.165, 1.54) is 18.1 Å². The lowest BCUT2D eigenvalue weighted by atomic mass is 10.1. The summed E-state index contributed by atoms with van der Waals surface area (Å²) in [6, 6.07) is 6.47. The molecule has 2 fully saturated rings. The molecule has 2 saturated heterocycles. The second kappa shape index (κ2) is 10.4. The van der Waals surface area contributed by atoms with Crippen molar-refractivity contribution in [2.24, 2.45) is 7.05 Å². The van der Waals surface area contributed by atoms with Crippen molar-refractivity contribution in [3.05, 3.63) is 36.3 Å². The standard InChI is InChI=1S/C24H29N9O4/c1-25-23(34)20-18(27-17-8-4-7-16(21(17)36-3)22-26-14-31(2)30-22)12-19(28-29-20)33-10-9-32(24(33)35)13-15-6-5-11-37-15/h4,7-8,12,14-15H,5-6,9-11,13H2,1-3H3,(H,25,34)(H,27,28)/i1D3. The van der Waals surface area contributed by atoms with Crippen molar-refractivity contribution in [2.45, 2.75) is 18.9 Å². The van der Waals surface area contributed by atoms with Gasteiger partial charge in [0.05, 0.1) is 30.2 Å². The van der Waals surface area contributed by atoms with Crippen molar-refractivity contribution in [1.29, 1.82) is 0 Å². The molecule has 0 aliphatic carbocycles. The Morgan fingerprint density at radius 2 is 2.19 bits per heavy atom. The SMILES string of the molecule is [2H]C([2H])([2H])NC(=O)c1nnc(N2CCN(CC3CCCO3)C2=O)cc1Nc1cccc(-c2ncn(C)n2)c1OC. The number of para-hydroxylation sites is 1. The number of hydrogen-bond donors (Lipinski definition) is 2. The zero-order valence-electron chi connectivity index (χ0n) is 23.5. The molecule has 1 aromatic carbocycles. The van der Waals surface area contributed by atoms with Crippen molar-refractivity contribution < 1.29 is 23.2 Å². The Kier molecular flexibility index (Phi) is 5.86. The van der Waals surface area contributed by atoms with Crippen LogP contribution in [0.5, 0.6) is 5.75 Å². The van der Waals surface area contributed by atoms with Gasteiger partial charge in [-0.25, -0.2) is 9.78 Å². The molecule has 2 aliphatic rings. The molecule has 37 heavy (non-hydrogen) atoms. The third-order valence-corrected chi connectivity index (χ3v) is 6.26. The summed E-state index contributed by atoms with van der Waals surface area (Å²) >= 11 is 0. The highest BCUT2D eigenvalue weighted by Crippen LogP contribution is 2.37. The number of aromatic nitrogens is 5. The number of rotatable bonds is 8. The van der Waals surface area contributed by atoms with Crippen LogP contribution in [0.1, 0.15) is 27.4 Å². The number of carbonyl (C=O) groups is 2. The van der Waals surface area contributed by atoms with E-state index in [0.717, 1.165) is 12.8 Å². The first-order valence-electron chi connectivity index (χ1n) is 13.3. The third kappa shape index (κ3) is 4.89. The molecule has 3 aromatic rings. The Bertz CT molecular complexity index is 1410. The topological polar surface area (TPSA) is 140 Å². The summed E-state index contributed by atoms with van der Waals surface area (Å²) in [5.41, 5.74) is 0.873. The fraction of sp³-hybridized carbons (Fsp3) is 0.417. The second-order valence-corrected chi connectivity index (χ2v) is 8.69. The maximum atomic E-state index is 13.2. The smallest absolute Gasteiger partial charge is 0.325 e. The van der Waals surface area contributed by atoms with E-state index in [9.17, 15) is 9.59 Å². The molecule has 2 N–H and O–H groups in total. The predicted octanol–water partition coefficient (Wildman–Crippen LogP) is 1.80. The molecule has 3 amide bonds. The monoisotopic (exact) mass is 510 g/mol. The molecule has 5 rings (SSSR count). The highest BCUT2D eigenvalue weighted by Gasteiger charge is 2.34. The fourth-order valence-corrected chi connectivity index (χ4v) is 4.47. The van der Waals surface area contributed by atoms with E-state index < -0.39 is 12.9 Å². The second-order valence-electron chi connectivity index (χ2n) is 8.69. The Hall–Kier alpha value is -4.26. The summed E-state index contributed by atoms with van der Waals surface area (Å²) in [5, 5.41) is 17.5. The normalized spacial score (nSPS) is 18.9. The van der Waals surface area contributed by atoms with E-state index in [1.807, 2.05) is 5.32 Å². The number of nitrogens with zero attached hydrogens (tertiary/aromatic N) is 7. The lowest BCUT2D eigenvalue weighted by Gasteiger charge is -2.21. The highest BCUT2D eigenvalue weighted by atomic mass is 16.5. The summed E-state index contributed by atoms with van der Waals surface area (Å²) in [7, 11) is 3.23. The number of ether oxygens (including phenoxy) is 2. The summed E-state index contributed by atoms with van der Waals surface area (Å²) in [5.74, 6) is 0.0465. The van der Waals surface area contributed by atoms with E-state index in [1.54, 1.807) is 41.2 Å². The molecular formula is C24H29N9O4. The van der Waals surface area contributed by atoms with E-state index in [4.69, 9.17) is 13.6 Å². The molecule has 1 unspecified atom stereocenters. The van der Waals surface area contributed by atoms with Gasteiger partial charge in [0, 0.05) is 50.4 Å². The average Bonchev–Trinajstić information content (AvgIpc) is 3.66. The number of anilines is 3. The van der Waals surface area contributed by atoms with Crippen molar-refractivity contribution >= 4 is 29.1 Å². The van der Waals surface area contributed by atoms with Crippen molar-refractivity contribution in [3.63, 3.8) is 0 Å². The number of aryl methyl sites for hydroxylation is 1. The average molecular weight is 511 g/mol. The van der Waals surface area contributed by atoms with Gasteiger partial charge in [0.15, 0.2) is 23.1 Å². The van der Waals surface area contributed by atoms with Crippen molar-refractivity contribution in [3.8, 4) is 17.1 Å². The molecule has 13 heteroatoms. The number of hydrogen-bond acceptors (Lipinski definition) is 9. The van der Waals surface area contributed by atoms with Gasteiger partial charge in [-0.2, -0.15) is 5.10 Å².